The molecule has 0 aliphatic carbocycles. The number of carbonyl (C=O) groups excluding carboxylic acids is 2. The van der Waals surface area contributed by atoms with Crippen LogP contribution in [0.4, 0.5) is 0 Å². The lowest BCUT2D eigenvalue weighted by molar-refractivity contribution is -0.146. The van der Waals surface area contributed by atoms with Crippen molar-refractivity contribution in [1.82, 2.24) is 5.32 Å². The molecule has 0 aliphatic rings. The monoisotopic (exact) mass is 337 g/mol. The van der Waals surface area contributed by atoms with Gasteiger partial charge in [-0.15, -0.1) is 11.3 Å². The number of amides is 1. The van der Waals surface area contributed by atoms with Crippen molar-refractivity contribution in [1.29, 1.82) is 0 Å². The summed E-state index contributed by atoms with van der Waals surface area (Å²) in [6.07, 6.45) is -0.192. The summed E-state index contributed by atoms with van der Waals surface area (Å²) in [5.74, 6) is -0.733. The molecule has 22 heavy (non-hydrogen) atoms. The second-order valence-corrected chi connectivity index (χ2v) is 6.41. The summed E-state index contributed by atoms with van der Waals surface area (Å²) in [6, 6.07) is 11.0. The van der Waals surface area contributed by atoms with Crippen LogP contribution in [0.5, 0.6) is 0 Å². The van der Waals surface area contributed by atoms with Gasteiger partial charge in [-0.2, -0.15) is 0 Å². The van der Waals surface area contributed by atoms with Gasteiger partial charge in [0.1, 0.15) is 6.54 Å². The molecule has 0 unspecified atom stereocenters. The van der Waals surface area contributed by atoms with Crippen LogP contribution in [0, 0.1) is 0 Å². The third kappa shape index (κ3) is 4.58. The standard InChI is InChI=1S/C16H16ClNO3S/c1-10(2)21-15(19)9-18-16(20)14-8-7-13(22-14)11-3-5-12(17)6-4-11/h3-8,10H,9H2,1-2H3,(H,18,20). The molecule has 0 atom stereocenters. The van der Waals surface area contributed by atoms with Crippen LogP contribution in [-0.4, -0.2) is 24.5 Å². The number of thiophene rings is 1. The molecule has 0 saturated carbocycles. The molecule has 116 valence electrons. The molecule has 6 heteroatoms. The average Bonchev–Trinajstić information content (AvgIpc) is 2.94. The van der Waals surface area contributed by atoms with Gasteiger partial charge in [0.25, 0.3) is 5.91 Å². The molecule has 0 radical (unpaired) electrons. The number of hydrogen-bond donors (Lipinski definition) is 1. The van der Waals surface area contributed by atoms with Crippen LogP contribution < -0.4 is 5.32 Å². The highest BCUT2D eigenvalue weighted by Crippen LogP contribution is 2.28. The molecule has 2 rings (SSSR count). The van der Waals surface area contributed by atoms with Gasteiger partial charge in [-0.3, -0.25) is 9.59 Å². The summed E-state index contributed by atoms with van der Waals surface area (Å²) in [7, 11) is 0. The molecule has 0 aliphatic heterocycles. The maximum absolute atomic E-state index is 12.0. The van der Waals surface area contributed by atoms with E-state index in [4.69, 9.17) is 16.3 Å². The van der Waals surface area contributed by atoms with Gasteiger partial charge in [0.15, 0.2) is 0 Å². The topological polar surface area (TPSA) is 55.4 Å². The van der Waals surface area contributed by atoms with E-state index in [2.05, 4.69) is 5.32 Å². The van der Waals surface area contributed by atoms with Gasteiger partial charge in [0.05, 0.1) is 11.0 Å². The fraction of sp³-hybridized carbons (Fsp3) is 0.250. The molecule has 1 amide bonds. The summed E-state index contributed by atoms with van der Waals surface area (Å²) >= 11 is 7.22. The Labute approximate surface area is 138 Å². The minimum absolute atomic E-state index is 0.134. The summed E-state index contributed by atoms with van der Waals surface area (Å²) < 4.78 is 4.96. The zero-order valence-corrected chi connectivity index (χ0v) is 13.8. The summed E-state index contributed by atoms with van der Waals surface area (Å²) in [4.78, 5) is 24.9. The molecule has 0 fully saturated rings. The van der Waals surface area contributed by atoms with E-state index in [1.54, 1.807) is 32.0 Å². The predicted octanol–water partition coefficient (Wildman–Crippen LogP) is 3.75. The average molecular weight is 338 g/mol. The Morgan fingerprint density at radius 3 is 2.50 bits per heavy atom. The molecule has 0 saturated heterocycles. The van der Waals surface area contributed by atoms with Crippen molar-refractivity contribution in [2.45, 2.75) is 20.0 Å². The summed E-state index contributed by atoms with van der Waals surface area (Å²) in [5, 5.41) is 3.22. The number of hydrogen-bond acceptors (Lipinski definition) is 4. The number of benzene rings is 1. The number of carbonyl (C=O) groups is 2. The maximum Gasteiger partial charge on any atom is 0.325 e. The van der Waals surface area contributed by atoms with E-state index in [1.165, 1.54) is 11.3 Å². The normalized spacial score (nSPS) is 10.5. The smallest absolute Gasteiger partial charge is 0.325 e. The Balaban J connectivity index is 1.97. The number of ether oxygens (including phenoxy) is 1. The van der Waals surface area contributed by atoms with Crippen molar-refractivity contribution in [2.75, 3.05) is 6.54 Å². The zero-order chi connectivity index (χ0) is 16.1. The summed E-state index contributed by atoms with van der Waals surface area (Å²) in [5.41, 5.74) is 0.993. The highest BCUT2D eigenvalue weighted by molar-refractivity contribution is 7.17. The number of esters is 1. The molecule has 0 spiro atoms. The second kappa shape index (κ2) is 7.42. The molecule has 1 aromatic carbocycles. The maximum atomic E-state index is 12.0. The van der Waals surface area contributed by atoms with Gasteiger partial charge in [-0.25, -0.2) is 0 Å². The van der Waals surface area contributed by atoms with E-state index in [1.807, 2.05) is 18.2 Å². The van der Waals surface area contributed by atoms with Crippen molar-refractivity contribution in [3.05, 3.63) is 46.3 Å². The largest absolute Gasteiger partial charge is 0.462 e. The van der Waals surface area contributed by atoms with Gasteiger partial charge in [-0.05, 0) is 43.7 Å². The van der Waals surface area contributed by atoms with Gasteiger partial charge in [0, 0.05) is 9.90 Å². The minimum Gasteiger partial charge on any atom is -0.462 e. The molecule has 0 bridgehead atoms. The van der Waals surface area contributed by atoms with Crippen molar-refractivity contribution in [3.63, 3.8) is 0 Å². The van der Waals surface area contributed by atoms with E-state index in [0.29, 0.717) is 9.90 Å². The van der Waals surface area contributed by atoms with Gasteiger partial charge in [0.2, 0.25) is 0 Å². The van der Waals surface area contributed by atoms with Crippen molar-refractivity contribution in [3.8, 4) is 10.4 Å². The lowest BCUT2D eigenvalue weighted by Gasteiger charge is -2.08. The van der Waals surface area contributed by atoms with E-state index >= 15 is 0 Å². The Morgan fingerprint density at radius 2 is 1.86 bits per heavy atom. The molecule has 1 N–H and O–H groups in total. The zero-order valence-electron chi connectivity index (χ0n) is 12.3. The first kappa shape index (κ1) is 16.5. The predicted molar refractivity (Wildman–Crippen MR) is 88.3 cm³/mol. The SMILES string of the molecule is CC(C)OC(=O)CNC(=O)c1ccc(-c2ccc(Cl)cc2)s1. The third-order valence-corrected chi connectivity index (χ3v) is 4.10. The van der Waals surface area contributed by atoms with E-state index < -0.39 is 5.97 Å². The molecule has 4 nitrogen and oxygen atoms in total. The van der Waals surface area contributed by atoms with Crippen LogP contribution in [0.25, 0.3) is 10.4 Å². The van der Waals surface area contributed by atoms with Crippen molar-refractivity contribution in [2.24, 2.45) is 0 Å². The molecule has 1 heterocycles. The van der Waals surface area contributed by atoms with Crippen molar-refractivity contribution >= 4 is 34.8 Å². The lowest BCUT2D eigenvalue weighted by Crippen LogP contribution is -2.31. The fourth-order valence-corrected chi connectivity index (χ4v) is 2.83. The quantitative estimate of drug-likeness (QED) is 0.845. The Hall–Kier alpha value is -1.85. The van der Waals surface area contributed by atoms with E-state index in [0.717, 1.165) is 10.4 Å². The number of halogens is 1. The number of rotatable bonds is 5. The molecule has 1 aromatic heterocycles. The lowest BCUT2D eigenvalue weighted by atomic mass is 10.2. The van der Waals surface area contributed by atoms with Crippen LogP contribution in [0.2, 0.25) is 5.02 Å². The van der Waals surface area contributed by atoms with Crippen LogP contribution >= 0.6 is 22.9 Å². The molecular formula is C16H16ClNO3S. The highest BCUT2D eigenvalue weighted by Gasteiger charge is 2.12. The van der Waals surface area contributed by atoms with Crippen LogP contribution in [0.1, 0.15) is 23.5 Å². The Kier molecular flexibility index (Phi) is 5.57. The molecule has 2 aromatic rings. The van der Waals surface area contributed by atoms with Gasteiger partial charge < -0.3 is 10.1 Å². The summed E-state index contributed by atoms with van der Waals surface area (Å²) in [6.45, 7) is 3.39. The van der Waals surface area contributed by atoms with Crippen molar-refractivity contribution < 1.29 is 14.3 Å². The third-order valence-electron chi connectivity index (χ3n) is 2.72. The van der Waals surface area contributed by atoms with Crippen LogP contribution in [0.15, 0.2) is 36.4 Å². The van der Waals surface area contributed by atoms with E-state index in [-0.39, 0.29) is 18.6 Å². The first-order valence-electron chi connectivity index (χ1n) is 6.79. The Bertz CT molecular complexity index is 664. The minimum atomic E-state index is -0.446. The Morgan fingerprint density at radius 1 is 1.18 bits per heavy atom. The first-order chi connectivity index (χ1) is 10.5. The van der Waals surface area contributed by atoms with Gasteiger partial charge in [-0.1, -0.05) is 23.7 Å². The van der Waals surface area contributed by atoms with E-state index in [9.17, 15) is 9.59 Å². The second-order valence-electron chi connectivity index (χ2n) is 4.89. The fourth-order valence-electron chi connectivity index (χ4n) is 1.77. The highest BCUT2D eigenvalue weighted by atomic mass is 35.5. The van der Waals surface area contributed by atoms with Gasteiger partial charge >= 0.3 is 5.97 Å². The van der Waals surface area contributed by atoms with Crippen LogP contribution in [-0.2, 0) is 9.53 Å². The number of nitrogens with one attached hydrogen (secondary N) is 1. The first-order valence-corrected chi connectivity index (χ1v) is 7.98. The van der Waals surface area contributed by atoms with Crippen LogP contribution in [0.3, 0.4) is 0 Å². The molecular weight excluding hydrogens is 322 g/mol.